The van der Waals surface area contributed by atoms with Crippen molar-refractivity contribution in [2.45, 2.75) is 13.0 Å². The van der Waals surface area contributed by atoms with E-state index in [-0.39, 0.29) is 6.10 Å². The number of aromatic nitrogens is 2. The Morgan fingerprint density at radius 2 is 2.14 bits per heavy atom. The largest absolute Gasteiger partial charge is 0.497 e. The van der Waals surface area contributed by atoms with Gasteiger partial charge < -0.3 is 19.1 Å². The zero-order chi connectivity index (χ0) is 15.5. The van der Waals surface area contributed by atoms with Crippen LogP contribution in [0.4, 0.5) is 5.82 Å². The molecule has 2 heterocycles. The van der Waals surface area contributed by atoms with E-state index in [1.165, 1.54) is 0 Å². The summed E-state index contributed by atoms with van der Waals surface area (Å²) < 4.78 is 16.1. The second-order valence-corrected chi connectivity index (χ2v) is 5.38. The van der Waals surface area contributed by atoms with Crippen LogP contribution in [0.5, 0.6) is 5.75 Å². The van der Waals surface area contributed by atoms with Crippen LogP contribution in [0.1, 0.15) is 5.69 Å². The molecule has 0 saturated carbocycles. The molecule has 0 bridgehead atoms. The average Bonchev–Trinajstić information content (AvgIpc) is 2.54. The quantitative estimate of drug-likeness (QED) is 0.858. The average molecular weight is 303 g/mol. The van der Waals surface area contributed by atoms with Crippen LogP contribution in [0.3, 0.4) is 0 Å². The van der Waals surface area contributed by atoms with Gasteiger partial charge in [0, 0.05) is 26.3 Å². The van der Waals surface area contributed by atoms with Crippen LogP contribution in [-0.4, -0.2) is 56.6 Å². The summed E-state index contributed by atoms with van der Waals surface area (Å²) in [6, 6.07) is 5.76. The number of aryl methyl sites for hydroxylation is 1. The SMILES string of the molecule is COCC1CN(c2nc3ccc(OC)cc3nc2C)CCO1. The number of hydrogen-bond donors (Lipinski definition) is 0. The Bertz CT molecular complexity index is 660. The van der Waals surface area contributed by atoms with Gasteiger partial charge in [-0.05, 0) is 19.1 Å². The van der Waals surface area contributed by atoms with E-state index in [0.29, 0.717) is 13.2 Å². The summed E-state index contributed by atoms with van der Waals surface area (Å²) in [5.74, 6) is 1.71. The van der Waals surface area contributed by atoms with E-state index in [2.05, 4.69) is 9.88 Å². The molecule has 0 aliphatic carbocycles. The lowest BCUT2D eigenvalue weighted by atomic mass is 10.2. The lowest BCUT2D eigenvalue weighted by molar-refractivity contribution is -0.0102. The normalized spacial score (nSPS) is 18.7. The highest BCUT2D eigenvalue weighted by molar-refractivity contribution is 5.78. The van der Waals surface area contributed by atoms with Crippen molar-refractivity contribution in [3.05, 3.63) is 23.9 Å². The van der Waals surface area contributed by atoms with E-state index >= 15 is 0 Å². The van der Waals surface area contributed by atoms with E-state index in [9.17, 15) is 0 Å². The maximum absolute atomic E-state index is 5.70. The highest BCUT2D eigenvalue weighted by Crippen LogP contribution is 2.24. The lowest BCUT2D eigenvalue weighted by Crippen LogP contribution is -2.45. The van der Waals surface area contributed by atoms with Crippen LogP contribution in [0.2, 0.25) is 0 Å². The van der Waals surface area contributed by atoms with Crippen molar-refractivity contribution in [3.8, 4) is 5.75 Å². The Hall–Kier alpha value is -1.92. The monoisotopic (exact) mass is 303 g/mol. The van der Waals surface area contributed by atoms with Gasteiger partial charge in [-0.1, -0.05) is 0 Å². The molecular weight excluding hydrogens is 282 g/mol. The number of anilines is 1. The standard InChI is InChI=1S/C16H21N3O3/c1-11-16(19-6-7-22-13(9-19)10-20-2)18-14-5-4-12(21-3)8-15(14)17-11/h4-5,8,13H,6-7,9-10H2,1-3H3. The molecule has 1 unspecified atom stereocenters. The van der Waals surface area contributed by atoms with Crippen molar-refractivity contribution in [2.24, 2.45) is 0 Å². The van der Waals surface area contributed by atoms with Crippen molar-refractivity contribution >= 4 is 16.9 Å². The third-order valence-electron chi connectivity index (χ3n) is 3.81. The number of rotatable bonds is 4. The molecule has 1 fully saturated rings. The van der Waals surface area contributed by atoms with Crippen LogP contribution < -0.4 is 9.64 Å². The maximum Gasteiger partial charge on any atom is 0.150 e. The zero-order valence-electron chi connectivity index (χ0n) is 13.2. The van der Waals surface area contributed by atoms with Crippen LogP contribution in [-0.2, 0) is 9.47 Å². The number of morpholine rings is 1. The Kier molecular flexibility index (Phi) is 4.40. The van der Waals surface area contributed by atoms with Gasteiger partial charge in [-0.3, -0.25) is 0 Å². The molecule has 22 heavy (non-hydrogen) atoms. The van der Waals surface area contributed by atoms with Gasteiger partial charge >= 0.3 is 0 Å². The van der Waals surface area contributed by atoms with E-state index in [1.54, 1.807) is 14.2 Å². The minimum absolute atomic E-state index is 0.0755. The van der Waals surface area contributed by atoms with Crippen LogP contribution >= 0.6 is 0 Å². The zero-order valence-corrected chi connectivity index (χ0v) is 13.2. The molecule has 1 atom stereocenters. The second kappa shape index (κ2) is 6.46. The molecule has 0 N–H and O–H groups in total. The van der Waals surface area contributed by atoms with Crippen LogP contribution in [0.25, 0.3) is 11.0 Å². The molecule has 0 spiro atoms. The first kappa shape index (κ1) is 15.0. The number of benzene rings is 1. The van der Waals surface area contributed by atoms with Gasteiger partial charge in [-0.25, -0.2) is 9.97 Å². The molecule has 6 heteroatoms. The fraction of sp³-hybridized carbons (Fsp3) is 0.500. The molecule has 1 aromatic heterocycles. The summed E-state index contributed by atoms with van der Waals surface area (Å²) in [4.78, 5) is 11.7. The molecule has 0 amide bonds. The minimum Gasteiger partial charge on any atom is -0.497 e. The molecule has 6 nitrogen and oxygen atoms in total. The van der Waals surface area contributed by atoms with Crippen molar-refractivity contribution in [1.82, 2.24) is 9.97 Å². The van der Waals surface area contributed by atoms with Gasteiger partial charge in [0.15, 0.2) is 5.82 Å². The summed E-state index contributed by atoms with van der Waals surface area (Å²) in [6.07, 6.45) is 0.0755. The third kappa shape index (κ3) is 2.98. The van der Waals surface area contributed by atoms with Gasteiger partial charge in [0.05, 0.1) is 43.2 Å². The Morgan fingerprint density at radius 1 is 1.27 bits per heavy atom. The van der Waals surface area contributed by atoms with E-state index in [0.717, 1.165) is 41.4 Å². The van der Waals surface area contributed by atoms with Gasteiger partial charge in [0.25, 0.3) is 0 Å². The first-order chi connectivity index (χ1) is 10.7. The first-order valence-corrected chi connectivity index (χ1v) is 7.39. The summed E-state index contributed by atoms with van der Waals surface area (Å²) in [6.45, 7) is 4.84. The lowest BCUT2D eigenvalue weighted by Gasteiger charge is -2.34. The number of methoxy groups -OCH3 is 2. The van der Waals surface area contributed by atoms with Gasteiger partial charge in [0.1, 0.15) is 5.75 Å². The second-order valence-electron chi connectivity index (χ2n) is 5.38. The Labute approximate surface area is 130 Å². The number of hydrogen-bond acceptors (Lipinski definition) is 6. The summed E-state index contributed by atoms with van der Waals surface area (Å²) in [7, 11) is 3.34. The van der Waals surface area contributed by atoms with Gasteiger partial charge in [0.2, 0.25) is 0 Å². The fourth-order valence-electron chi connectivity index (χ4n) is 2.74. The molecule has 1 saturated heterocycles. The predicted octanol–water partition coefficient (Wildman–Crippen LogP) is 1.80. The van der Waals surface area contributed by atoms with Crippen molar-refractivity contribution < 1.29 is 14.2 Å². The molecule has 3 rings (SSSR count). The minimum atomic E-state index is 0.0755. The maximum atomic E-state index is 5.70. The van der Waals surface area contributed by atoms with Crippen molar-refractivity contribution in [3.63, 3.8) is 0 Å². The summed E-state index contributed by atoms with van der Waals surface area (Å²) >= 11 is 0. The number of ether oxygens (including phenoxy) is 3. The molecule has 1 aliphatic rings. The Morgan fingerprint density at radius 3 is 2.91 bits per heavy atom. The summed E-state index contributed by atoms with van der Waals surface area (Å²) in [5.41, 5.74) is 2.64. The third-order valence-corrected chi connectivity index (χ3v) is 3.81. The fourth-order valence-corrected chi connectivity index (χ4v) is 2.74. The molecule has 118 valence electrons. The molecular formula is C16H21N3O3. The van der Waals surface area contributed by atoms with Crippen LogP contribution in [0.15, 0.2) is 18.2 Å². The van der Waals surface area contributed by atoms with Crippen molar-refractivity contribution in [1.29, 1.82) is 0 Å². The number of nitrogens with zero attached hydrogens (tertiary/aromatic N) is 3. The Balaban J connectivity index is 1.91. The van der Waals surface area contributed by atoms with Crippen LogP contribution in [0, 0.1) is 6.92 Å². The number of fused-ring (bicyclic) bond motifs is 1. The summed E-state index contributed by atoms with van der Waals surface area (Å²) in [5, 5.41) is 0. The van der Waals surface area contributed by atoms with Gasteiger partial charge in [-0.15, -0.1) is 0 Å². The highest BCUT2D eigenvalue weighted by Gasteiger charge is 2.23. The predicted molar refractivity (Wildman–Crippen MR) is 84.7 cm³/mol. The van der Waals surface area contributed by atoms with E-state index in [4.69, 9.17) is 19.2 Å². The first-order valence-electron chi connectivity index (χ1n) is 7.39. The molecule has 2 aromatic rings. The molecule has 0 radical (unpaired) electrons. The molecule has 1 aromatic carbocycles. The van der Waals surface area contributed by atoms with E-state index in [1.807, 2.05) is 25.1 Å². The highest BCUT2D eigenvalue weighted by atomic mass is 16.5. The molecule has 1 aliphatic heterocycles. The topological polar surface area (TPSA) is 56.7 Å². The van der Waals surface area contributed by atoms with Crippen molar-refractivity contribution in [2.75, 3.05) is 45.4 Å². The van der Waals surface area contributed by atoms with E-state index < -0.39 is 0 Å². The smallest absolute Gasteiger partial charge is 0.150 e. The van der Waals surface area contributed by atoms with Gasteiger partial charge in [-0.2, -0.15) is 0 Å².